The largest absolute Gasteiger partial charge is 0.352 e. The number of anilines is 2. The van der Waals surface area contributed by atoms with Crippen LogP contribution in [0.5, 0.6) is 0 Å². The number of hydrogen-bond acceptors (Lipinski definition) is 5. The summed E-state index contributed by atoms with van der Waals surface area (Å²) in [6.07, 6.45) is 4.14. The smallest absolute Gasteiger partial charge is 0.167 e. The number of carbonyl (C=O) groups is 1. The fraction of sp³-hybridized carbons (Fsp3) is 0.263. The highest BCUT2D eigenvalue weighted by molar-refractivity contribution is 5.98. The fourth-order valence-electron chi connectivity index (χ4n) is 5.63. The van der Waals surface area contributed by atoms with E-state index in [1.54, 1.807) is 6.20 Å². The number of ketones is 1. The van der Waals surface area contributed by atoms with Crippen molar-refractivity contribution < 1.29 is 4.79 Å². The van der Waals surface area contributed by atoms with Gasteiger partial charge in [0.15, 0.2) is 11.4 Å². The van der Waals surface area contributed by atoms with Crippen molar-refractivity contribution in [3.63, 3.8) is 0 Å². The van der Waals surface area contributed by atoms with Crippen LogP contribution in [0.1, 0.15) is 49.4 Å². The molecule has 2 aromatic heterocycles. The summed E-state index contributed by atoms with van der Waals surface area (Å²) in [5, 5.41) is 3.46. The minimum Gasteiger partial charge on any atom is -0.352 e. The highest BCUT2D eigenvalue weighted by Gasteiger charge is 2.16. The molecule has 1 saturated heterocycles. The highest BCUT2D eigenvalue weighted by atomic mass is 16.1. The van der Waals surface area contributed by atoms with Crippen LogP contribution < -0.4 is 5.32 Å². The Morgan fingerprint density at radius 3 is 2.45 bits per heavy atom. The Morgan fingerprint density at radius 2 is 1.68 bits per heavy atom. The lowest BCUT2D eigenvalue weighted by molar-refractivity contribution is 0.0993. The Balaban J connectivity index is 1.16. The third-order valence-corrected chi connectivity index (χ3v) is 8.51. The van der Waals surface area contributed by atoms with Crippen LogP contribution >= 0.6 is 0 Å². The molecule has 6 heteroatoms. The standard InChI is InChI=1S/C38H39N5O/c1-27-7-14-34(15-8-27)40-36-6-5-17-43-35(25-39-38(36)43)16-13-31-24-32(11-9-28(31)2)37(44)23-30-10-12-33(29(3)22-30)26-42-20-18-41(4)19-21-42/h5-12,14-15,17,22,24-25,40H,18-21,23,26H2,1-4H3. The molecule has 0 radical (unpaired) electrons. The molecule has 0 spiro atoms. The third kappa shape index (κ3) is 6.75. The molecule has 0 aliphatic carbocycles. The average molecular weight is 582 g/mol. The Kier molecular flexibility index (Phi) is 8.60. The Morgan fingerprint density at radius 1 is 0.886 bits per heavy atom. The predicted octanol–water partition coefficient (Wildman–Crippen LogP) is 6.58. The van der Waals surface area contributed by atoms with Crippen molar-refractivity contribution in [2.75, 3.05) is 38.5 Å². The second-order valence-corrected chi connectivity index (χ2v) is 12.0. The predicted molar refractivity (Wildman–Crippen MR) is 179 cm³/mol. The first-order chi connectivity index (χ1) is 21.3. The van der Waals surface area contributed by atoms with Gasteiger partial charge in [-0.1, -0.05) is 53.9 Å². The summed E-state index contributed by atoms with van der Waals surface area (Å²) >= 11 is 0. The van der Waals surface area contributed by atoms with Gasteiger partial charge in [-0.15, -0.1) is 0 Å². The van der Waals surface area contributed by atoms with E-state index in [-0.39, 0.29) is 5.78 Å². The molecule has 0 atom stereocenters. The number of fused-ring (bicyclic) bond motifs is 1. The number of Topliss-reactive ketones (excluding diaryl/α,β-unsaturated/α-hetero) is 1. The van der Waals surface area contributed by atoms with Gasteiger partial charge in [-0.25, -0.2) is 4.98 Å². The van der Waals surface area contributed by atoms with Crippen molar-refractivity contribution in [1.29, 1.82) is 0 Å². The van der Waals surface area contributed by atoms with Crippen LogP contribution in [0.4, 0.5) is 11.4 Å². The number of rotatable bonds is 7. The maximum absolute atomic E-state index is 13.4. The number of likely N-dealkylation sites (N-methyl/N-ethyl adjacent to an activating group) is 1. The summed E-state index contributed by atoms with van der Waals surface area (Å²) in [6, 6.07) is 24.6. The second kappa shape index (κ2) is 12.9. The number of nitrogens with one attached hydrogen (secondary N) is 1. The van der Waals surface area contributed by atoms with Gasteiger partial charge in [0, 0.05) is 62.2 Å². The molecule has 1 aliphatic heterocycles. The Hall–Kier alpha value is -4.70. The zero-order valence-electron chi connectivity index (χ0n) is 26.0. The SMILES string of the molecule is Cc1ccc(Nc2cccn3c(C#Cc4cc(C(=O)Cc5ccc(CN6CCN(C)CC6)c(C)c5)ccc4C)cnc23)cc1. The summed E-state index contributed by atoms with van der Waals surface area (Å²) in [5.74, 6) is 6.70. The van der Waals surface area contributed by atoms with Crippen LogP contribution in [-0.4, -0.2) is 58.2 Å². The normalized spacial score (nSPS) is 13.9. The van der Waals surface area contributed by atoms with E-state index < -0.39 is 0 Å². The maximum Gasteiger partial charge on any atom is 0.167 e. The molecule has 3 aromatic carbocycles. The van der Waals surface area contributed by atoms with E-state index >= 15 is 0 Å². The van der Waals surface area contributed by atoms with Gasteiger partial charge >= 0.3 is 0 Å². The Bertz CT molecular complexity index is 1870. The number of carbonyl (C=O) groups excluding carboxylic acids is 1. The molecular formula is C38H39N5O. The van der Waals surface area contributed by atoms with Gasteiger partial charge in [0.2, 0.25) is 0 Å². The number of benzene rings is 3. The van der Waals surface area contributed by atoms with Crippen molar-refractivity contribution in [2.45, 2.75) is 33.7 Å². The molecule has 3 heterocycles. The third-order valence-electron chi connectivity index (χ3n) is 8.51. The van der Waals surface area contributed by atoms with Gasteiger partial charge in [-0.3, -0.25) is 14.1 Å². The van der Waals surface area contributed by atoms with E-state index in [0.29, 0.717) is 12.0 Å². The lowest BCUT2D eigenvalue weighted by Crippen LogP contribution is -2.43. The first-order valence-electron chi connectivity index (χ1n) is 15.3. The minimum atomic E-state index is 0.0980. The monoisotopic (exact) mass is 581 g/mol. The number of imidazole rings is 1. The molecule has 44 heavy (non-hydrogen) atoms. The molecule has 0 unspecified atom stereocenters. The molecule has 1 aliphatic rings. The minimum absolute atomic E-state index is 0.0980. The summed E-state index contributed by atoms with van der Waals surface area (Å²) in [4.78, 5) is 22.9. The molecule has 0 amide bonds. The second-order valence-electron chi connectivity index (χ2n) is 12.0. The number of nitrogens with zero attached hydrogens (tertiary/aromatic N) is 4. The summed E-state index contributed by atoms with van der Waals surface area (Å²) in [7, 11) is 2.18. The highest BCUT2D eigenvalue weighted by Crippen LogP contribution is 2.23. The quantitative estimate of drug-likeness (QED) is 0.174. The van der Waals surface area contributed by atoms with E-state index in [9.17, 15) is 4.79 Å². The Labute approximate surface area is 260 Å². The first kappa shape index (κ1) is 29.4. The zero-order valence-corrected chi connectivity index (χ0v) is 26.0. The van der Waals surface area contributed by atoms with Crippen molar-refractivity contribution in [3.05, 3.63) is 130 Å². The lowest BCUT2D eigenvalue weighted by Gasteiger charge is -2.32. The number of pyridine rings is 1. The summed E-state index contributed by atoms with van der Waals surface area (Å²) < 4.78 is 1.99. The molecule has 1 N–H and O–H groups in total. The van der Waals surface area contributed by atoms with Crippen LogP contribution in [0.3, 0.4) is 0 Å². The summed E-state index contributed by atoms with van der Waals surface area (Å²) in [5.41, 5.74) is 10.9. The van der Waals surface area contributed by atoms with Crippen LogP contribution in [-0.2, 0) is 13.0 Å². The van der Waals surface area contributed by atoms with Crippen LogP contribution in [0.25, 0.3) is 5.65 Å². The molecule has 222 valence electrons. The van der Waals surface area contributed by atoms with Crippen molar-refractivity contribution in [2.24, 2.45) is 0 Å². The van der Waals surface area contributed by atoms with E-state index in [1.807, 2.05) is 47.9 Å². The van der Waals surface area contributed by atoms with Crippen LogP contribution in [0, 0.1) is 32.6 Å². The van der Waals surface area contributed by atoms with Gasteiger partial charge in [-0.05, 0) is 86.3 Å². The number of aromatic nitrogens is 2. The fourth-order valence-corrected chi connectivity index (χ4v) is 5.63. The van der Waals surface area contributed by atoms with Gasteiger partial charge in [0.05, 0.1) is 11.9 Å². The van der Waals surface area contributed by atoms with Gasteiger partial charge in [0.1, 0.15) is 5.69 Å². The number of aryl methyl sites for hydroxylation is 3. The lowest BCUT2D eigenvalue weighted by atomic mass is 9.96. The molecule has 0 bridgehead atoms. The zero-order chi connectivity index (χ0) is 30.6. The van der Waals surface area contributed by atoms with E-state index in [0.717, 1.165) is 72.1 Å². The van der Waals surface area contributed by atoms with Crippen LogP contribution in [0.15, 0.2) is 85.2 Å². The van der Waals surface area contributed by atoms with E-state index in [1.165, 1.54) is 16.7 Å². The number of hydrogen-bond donors (Lipinski definition) is 1. The van der Waals surface area contributed by atoms with Crippen LogP contribution in [0.2, 0.25) is 0 Å². The van der Waals surface area contributed by atoms with Gasteiger partial charge in [-0.2, -0.15) is 0 Å². The first-order valence-corrected chi connectivity index (χ1v) is 15.3. The molecule has 6 nitrogen and oxygen atoms in total. The molecule has 0 saturated carbocycles. The van der Waals surface area contributed by atoms with Crippen molar-refractivity contribution in [3.8, 4) is 11.8 Å². The van der Waals surface area contributed by atoms with E-state index in [4.69, 9.17) is 0 Å². The topological polar surface area (TPSA) is 52.9 Å². The molecular weight excluding hydrogens is 542 g/mol. The van der Waals surface area contributed by atoms with E-state index in [2.05, 4.69) is 95.3 Å². The van der Waals surface area contributed by atoms with Gasteiger partial charge < -0.3 is 10.2 Å². The van der Waals surface area contributed by atoms with Crippen molar-refractivity contribution in [1.82, 2.24) is 19.2 Å². The summed E-state index contributed by atoms with van der Waals surface area (Å²) in [6.45, 7) is 11.6. The van der Waals surface area contributed by atoms with Crippen molar-refractivity contribution >= 4 is 22.8 Å². The molecule has 6 rings (SSSR count). The number of piperazine rings is 1. The van der Waals surface area contributed by atoms with Gasteiger partial charge in [0.25, 0.3) is 0 Å². The average Bonchev–Trinajstić information content (AvgIpc) is 3.44. The molecule has 1 fully saturated rings. The maximum atomic E-state index is 13.4. The molecule has 5 aromatic rings.